The number of aromatic nitrogens is 3. The topological polar surface area (TPSA) is 53.6 Å². The predicted molar refractivity (Wildman–Crippen MR) is 66.5 cm³/mol. The average molecular weight is 246 g/mol. The number of hydrogen-bond donors (Lipinski definition) is 2. The minimum Gasteiger partial charge on any atom is -0.324 e. The minimum absolute atomic E-state index is 0.218. The van der Waals surface area contributed by atoms with Crippen LogP contribution in [0.25, 0.3) is 11.4 Å². The zero-order valence-corrected chi connectivity index (χ0v) is 10.2. The molecular formula is C13H15FN4. The van der Waals surface area contributed by atoms with Crippen molar-refractivity contribution in [2.45, 2.75) is 25.8 Å². The van der Waals surface area contributed by atoms with Gasteiger partial charge in [-0.2, -0.15) is 0 Å². The van der Waals surface area contributed by atoms with Crippen LogP contribution < -0.4 is 5.32 Å². The monoisotopic (exact) mass is 246 g/mol. The third kappa shape index (κ3) is 1.90. The van der Waals surface area contributed by atoms with Crippen LogP contribution in [0, 0.1) is 12.7 Å². The summed E-state index contributed by atoms with van der Waals surface area (Å²) in [5.74, 6) is 1.26. The second kappa shape index (κ2) is 4.49. The van der Waals surface area contributed by atoms with Gasteiger partial charge in [0.2, 0.25) is 0 Å². The lowest BCUT2D eigenvalue weighted by atomic mass is 10.1. The Kier molecular flexibility index (Phi) is 2.83. The van der Waals surface area contributed by atoms with Crippen LogP contribution in [0.4, 0.5) is 4.39 Å². The van der Waals surface area contributed by atoms with Crippen molar-refractivity contribution >= 4 is 0 Å². The summed E-state index contributed by atoms with van der Waals surface area (Å²) in [7, 11) is 0. The van der Waals surface area contributed by atoms with Crippen molar-refractivity contribution in [1.29, 1.82) is 0 Å². The lowest BCUT2D eigenvalue weighted by Gasteiger charge is -2.05. The molecule has 0 aliphatic carbocycles. The highest BCUT2D eigenvalue weighted by Crippen LogP contribution is 2.25. The number of halogens is 1. The van der Waals surface area contributed by atoms with E-state index in [1.165, 1.54) is 6.07 Å². The molecule has 1 aliphatic heterocycles. The van der Waals surface area contributed by atoms with E-state index in [-0.39, 0.29) is 11.9 Å². The van der Waals surface area contributed by atoms with Crippen molar-refractivity contribution in [3.8, 4) is 11.4 Å². The Balaban J connectivity index is 1.95. The van der Waals surface area contributed by atoms with Gasteiger partial charge in [-0.15, -0.1) is 10.2 Å². The summed E-state index contributed by atoms with van der Waals surface area (Å²) in [5, 5.41) is 11.6. The van der Waals surface area contributed by atoms with E-state index >= 15 is 0 Å². The lowest BCUT2D eigenvalue weighted by molar-refractivity contribution is 0.608. The molecule has 0 bridgehead atoms. The third-order valence-corrected chi connectivity index (χ3v) is 3.42. The number of nitrogens with zero attached hydrogens (tertiary/aromatic N) is 2. The maximum Gasteiger partial charge on any atom is 0.161 e. The van der Waals surface area contributed by atoms with Crippen molar-refractivity contribution in [3.05, 3.63) is 35.4 Å². The molecule has 1 aromatic heterocycles. The maximum atomic E-state index is 13.5. The van der Waals surface area contributed by atoms with Crippen LogP contribution >= 0.6 is 0 Å². The molecule has 2 aromatic rings. The fourth-order valence-electron chi connectivity index (χ4n) is 2.34. The fourth-order valence-corrected chi connectivity index (χ4v) is 2.34. The van der Waals surface area contributed by atoms with Crippen molar-refractivity contribution < 1.29 is 4.39 Å². The van der Waals surface area contributed by atoms with E-state index < -0.39 is 0 Å². The van der Waals surface area contributed by atoms with Gasteiger partial charge in [0.15, 0.2) is 5.82 Å². The Morgan fingerprint density at radius 3 is 3.00 bits per heavy atom. The van der Waals surface area contributed by atoms with Crippen LogP contribution in [-0.4, -0.2) is 21.7 Å². The van der Waals surface area contributed by atoms with Crippen molar-refractivity contribution in [1.82, 2.24) is 20.5 Å². The number of benzene rings is 1. The molecule has 1 aliphatic rings. The van der Waals surface area contributed by atoms with Gasteiger partial charge in [0.25, 0.3) is 0 Å². The summed E-state index contributed by atoms with van der Waals surface area (Å²) >= 11 is 0. The molecule has 2 N–H and O–H groups in total. The predicted octanol–water partition coefficient (Wildman–Crippen LogP) is 2.34. The van der Waals surface area contributed by atoms with E-state index in [9.17, 15) is 4.39 Å². The molecule has 1 saturated heterocycles. The minimum atomic E-state index is -0.218. The number of nitrogens with one attached hydrogen (secondary N) is 2. The van der Waals surface area contributed by atoms with Crippen molar-refractivity contribution in [3.63, 3.8) is 0 Å². The number of H-pyrrole nitrogens is 1. The van der Waals surface area contributed by atoms with Gasteiger partial charge in [0, 0.05) is 5.56 Å². The number of hydrogen-bond acceptors (Lipinski definition) is 3. The molecule has 1 fully saturated rings. The van der Waals surface area contributed by atoms with Crippen LogP contribution in [0.3, 0.4) is 0 Å². The highest BCUT2D eigenvalue weighted by Gasteiger charge is 2.20. The van der Waals surface area contributed by atoms with Crippen LogP contribution in [0.15, 0.2) is 18.2 Å². The SMILES string of the molecule is Cc1c(F)cccc1-c1nnc([C@@H]2CCCN2)[nH]1. The van der Waals surface area contributed by atoms with E-state index in [0.717, 1.165) is 30.8 Å². The van der Waals surface area contributed by atoms with Gasteiger partial charge in [-0.05, 0) is 37.9 Å². The Labute approximate surface area is 105 Å². The normalized spacial score (nSPS) is 19.3. The Hall–Kier alpha value is -1.75. The van der Waals surface area contributed by atoms with Gasteiger partial charge in [0.1, 0.15) is 11.6 Å². The standard InChI is InChI=1S/C13H15FN4/c1-8-9(4-2-5-10(8)14)12-16-13(18-17-12)11-6-3-7-15-11/h2,4-5,11,15H,3,6-7H2,1H3,(H,16,17,18)/t11-/m0/s1. The highest BCUT2D eigenvalue weighted by atomic mass is 19.1. The first kappa shape index (κ1) is 11.3. The second-order valence-corrected chi connectivity index (χ2v) is 4.62. The summed E-state index contributed by atoms with van der Waals surface area (Å²) in [6.07, 6.45) is 2.22. The molecule has 0 spiro atoms. The first-order valence-electron chi connectivity index (χ1n) is 6.17. The van der Waals surface area contributed by atoms with E-state index in [1.807, 2.05) is 6.07 Å². The number of rotatable bonds is 2. The molecule has 5 heteroatoms. The zero-order chi connectivity index (χ0) is 12.5. The molecule has 0 unspecified atom stereocenters. The molecular weight excluding hydrogens is 231 g/mol. The Morgan fingerprint density at radius 2 is 2.22 bits per heavy atom. The molecule has 0 saturated carbocycles. The first-order chi connectivity index (χ1) is 8.75. The van der Waals surface area contributed by atoms with E-state index in [0.29, 0.717) is 11.4 Å². The summed E-state index contributed by atoms with van der Waals surface area (Å²) in [4.78, 5) is 3.19. The van der Waals surface area contributed by atoms with Crippen LogP contribution in [0.2, 0.25) is 0 Å². The molecule has 2 heterocycles. The van der Waals surface area contributed by atoms with Gasteiger partial charge in [-0.1, -0.05) is 12.1 Å². The average Bonchev–Trinajstić information content (AvgIpc) is 3.01. The lowest BCUT2D eigenvalue weighted by Crippen LogP contribution is -2.14. The second-order valence-electron chi connectivity index (χ2n) is 4.62. The third-order valence-electron chi connectivity index (χ3n) is 3.42. The highest BCUT2D eigenvalue weighted by molar-refractivity contribution is 5.59. The first-order valence-corrected chi connectivity index (χ1v) is 6.17. The van der Waals surface area contributed by atoms with Gasteiger partial charge in [0.05, 0.1) is 6.04 Å². The van der Waals surface area contributed by atoms with E-state index in [4.69, 9.17) is 0 Å². The van der Waals surface area contributed by atoms with Crippen LogP contribution in [0.1, 0.15) is 30.3 Å². The van der Waals surface area contributed by atoms with Crippen LogP contribution in [0.5, 0.6) is 0 Å². The fraction of sp³-hybridized carbons (Fsp3) is 0.385. The smallest absolute Gasteiger partial charge is 0.161 e. The summed E-state index contributed by atoms with van der Waals surface area (Å²) in [5.41, 5.74) is 1.37. The van der Waals surface area contributed by atoms with Crippen molar-refractivity contribution in [2.24, 2.45) is 0 Å². The van der Waals surface area contributed by atoms with Gasteiger partial charge < -0.3 is 10.3 Å². The maximum absolute atomic E-state index is 13.5. The van der Waals surface area contributed by atoms with Gasteiger partial charge in [-0.25, -0.2) is 4.39 Å². The molecule has 94 valence electrons. The van der Waals surface area contributed by atoms with E-state index in [1.54, 1.807) is 13.0 Å². The molecule has 1 atom stereocenters. The molecule has 3 rings (SSSR count). The molecule has 1 aromatic carbocycles. The van der Waals surface area contributed by atoms with Crippen LogP contribution in [-0.2, 0) is 0 Å². The molecule has 4 nitrogen and oxygen atoms in total. The Bertz CT molecular complexity index is 558. The van der Waals surface area contributed by atoms with Gasteiger partial charge in [-0.3, -0.25) is 0 Å². The molecule has 0 radical (unpaired) electrons. The number of aromatic amines is 1. The van der Waals surface area contributed by atoms with Gasteiger partial charge >= 0.3 is 0 Å². The molecule has 18 heavy (non-hydrogen) atoms. The summed E-state index contributed by atoms with van der Waals surface area (Å²) < 4.78 is 13.5. The summed E-state index contributed by atoms with van der Waals surface area (Å²) in [6.45, 7) is 2.76. The molecule has 0 amide bonds. The van der Waals surface area contributed by atoms with Crippen molar-refractivity contribution in [2.75, 3.05) is 6.54 Å². The Morgan fingerprint density at radius 1 is 1.33 bits per heavy atom. The summed E-state index contributed by atoms with van der Waals surface area (Å²) in [6, 6.07) is 5.24. The zero-order valence-electron chi connectivity index (χ0n) is 10.2. The largest absolute Gasteiger partial charge is 0.324 e. The quantitative estimate of drug-likeness (QED) is 0.855. The van der Waals surface area contributed by atoms with E-state index in [2.05, 4.69) is 20.5 Å².